The topological polar surface area (TPSA) is 30.9 Å². The van der Waals surface area contributed by atoms with E-state index in [0.29, 0.717) is 0 Å². The van der Waals surface area contributed by atoms with Gasteiger partial charge in [0.15, 0.2) is 8.32 Å². The van der Waals surface area contributed by atoms with E-state index in [-0.39, 0.29) is 9.52 Å². The van der Waals surface area contributed by atoms with E-state index in [2.05, 4.69) is 24.2 Å². The van der Waals surface area contributed by atoms with E-state index >= 15 is 0 Å². The quantitative estimate of drug-likeness (QED) is 0.329. The molecule has 0 aromatic heterocycles. The van der Waals surface area contributed by atoms with Crippen LogP contribution in [0, 0.1) is 0 Å². The molecular weight excluding hydrogens is 403 g/mol. The van der Waals surface area contributed by atoms with Crippen molar-refractivity contribution in [3.05, 3.63) is 0 Å². The first-order valence-corrected chi connectivity index (χ1v) is 21.2. The van der Waals surface area contributed by atoms with Gasteiger partial charge in [-0.3, -0.25) is 4.57 Å². The van der Waals surface area contributed by atoms with Crippen molar-refractivity contribution < 1.29 is 13.3 Å². The van der Waals surface area contributed by atoms with Crippen molar-refractivity contribution in [3.63, 3.8) is 0 Å². The van der Waals surface area contributed by atoms with E-state index < -0.39 is 25.1 Å². The molecule has 2 aliphatic rings. The molecule has 4 nitrogen and oxygen atoms in total. The first-order chi connectivity index (χ1) is 12.8. The van der Waals surface area contributed by atoms with Crippen molar-refractivity contribution >= 4 is 34.6 Å². The fraction of sp³-hybridized carbons (Fsp3) is 1.00. The van der Waals surface area contributed by atoms with Crippen molar-refractivity contribution in [2.45, 2.75) is 87.1 Å². The van der Waals surface area contributed by atoms with Crippen molar-refractivity contribution in [1.29, 1.82) is 0 Å². The van der Waals surface area contributed by atoms with Gasteiger partial charge in [-0.15, -0.1) is 0 Å². The molecular formula is C19H45NO3Si4. The summed E-state index contributed by atoms with van der Waals surface area (Å²) in [4.78, 5) is 0. The molecule has 0 bridgehead atoms. The maximum Gasteiger partial charge on any atom is 0.427 e. The number of hydrogen-bond acceptors (Lipinski definition) is 4. The lowest BCUT2D eigenvalue weighted by Gasteiger charge is -2.39. The van der Waals surface area contributed by atoms with Crippen LogP contribution in [0.3, 0.4) is 0 Å². The van der Waals surface area contributed by atoms with Gasteiger partial charge < -0.3 is 13.3 Å². The Morgan fingerprint density at radius 2 is 1.67 bits per heavy atom. The van der Waals surface area contributed by atoms with Gasteiger partial charge in [-0.25, -0.2) is 0 Å². The second-order valence-corrected chi connectivity index (χ2v) is 25.5. The minimum Gasteiger partial charge on any atom is -0.420 e. The van der Waals surface area contributed by atoms with Crippen LogP contribution < -0.4 is 0 Å². The largest absolute Gasteiger partial charge is 0.427 e. The molecule has 2 fully saturated rings. The zero-order valence-electron chi connectivity index (χ0n) is 18.9. The van der Waals surface area contributed by atoms with Gasteiger partial charge in [0, 0.05) is 45.0 Å². The molecule has 160 valence electrons. The normalized spacial score (nSPS) is 29.3. The molecule has 0 aromatic carbocycles. The van der Waals surface area contributed by atoms with E-state index in [9.17, 15) is 0 Å². The van der Waals surface area contributed by atoms with Crippen LogP contribution in [-0.2, 0) is 13.3 Å². The summed E-state index contributed by atoms with van der Waals surface area (Å²) < 4.78 is 20.5. The van der Waals surface area contributed by atoms with E-state index in [1.54, 1.807) is 0 Å². The van der Waals surface area contributed by atoms with Gasteiger partial charge in [0.1, 0.15) is 0 Å². The summed E-state index contributed by atoms with van der Waals surface area (Å²) in [5, 5.41) is 0.994. The van der Waals surface area contributed by atoms with Crippen LogP contribution in [0.2, 0.25) is 55.0 Å². The highest BCUT2D eigenvalue weighted by Gasteiger charge is 2.51. The molecule has 0 aliphatic carbocycles. The Labute approximate surface area is 174 Å². The third kappa shape index (κ3) is 5.87. The summed E-state index contributed by atoms with van der Waals surface area (Å²) in [6.45, 7) is 10.1. The molecule has 8 heteroatoms. The summed E-state index contributed by atoms with van der Waals surface area (Å²) >= 11 is 0. The predicted octanol–water partition coefficient (Wildman–Crippen LogP) is 4.34. The molecule has 0 N–H and O–H groups in total. The third-order valence-electron chi connectivity index (χ3n) is 7.25. The predicted molar refractivity (Wildman–Crippen MR) is 127 cm³/mol. The van der Waals surface area contributed by atoms with Gasteiger partial charge in [-0.1, -0.05) is 51.0 Å². The minimum absolute atomic E-state index is 0.0873. The van der Waals surface area contributed by atoms with E-state index in [1.165, 1.54) is 69.4 Å². The first-order valence-electron chi connectivity index (χ1n) is 11.2. The zero-order valence-corrected chi connectivity index (χ0v) is 23.4. The molecule has 0 radical (unpaired) electrons. The van der Waals surface area contributed by atoms with Gasteiger partial charge in [-0.05, 0) is 43.2 Å². The molecule has 0 spiro atoms. The summed E-state index contributed by atoms with van der Waals surface area (Å²) in [7, 11) is 1.29. The van der Waals surface area contributed by atoms with E-state index in [0.717, 1.165) is 11.2 Å². The molecule has 2 rings (SSSR count). The van der Waals surface area contributed by atoms with Crippen LogP contribution in [0.1, 0.15) is 32.1 Å². The van der Waals surface area contributed by atoms with Crippen molar-refractivity contribution in [2.24, 2.45) is 0 Å². The Kier molecular flexibility index (Phi) is 9.46. The van der Waals surface area contributed by atoms with Crippen LogP contribution in [0.15, 0.2) is 0 Å². The van der Waals surface area contributed by atoms with Crippen LogP contribution in [0.4, 0.5) is 0 Å². The Hall–Kier alpha value is 0.708. The van der Waals surface area contributed by atoms with E-state index in [4.69, 9.17) is 13.3 Å². The molecule has 2 unspecified atom stereocenters. The molecule has 0 aromatic rings. The highest BCUT2D eigenvalue weighted by Crippen LogP contribution is 2.48. The van der Waals surface area contributed by atoms with Gasteiger partial charge >= 0.3 is 8.72 Å². The summed E-state index contributed by atoms with van der Waals surface area (Å²) in [6.07, 6.45) is 6.94. The molecule has 2 saturated heterocycles. The Morgan fingerprint density at radius 3 is 2.30 bits per heavy atom. The SMILES string of the molecule is CO[Si]1(CCC[SiH2]CCCN2CCC[Si]2(OC)OC)CCCC1[Si](C)(C)C. The molecule has 0 saturated carbocycles. The smallest absolute Gasteiger partial charge is 0.420 e. The van der Waals surface area contributed by atoms with Gasteiger partial charge in [-0.2, -0.15) is 0 Å². The Morgan fingerprint density at radius 1 is 0.963 bits per heavy atom. The minimum atomic E-state index is -2.00. The lowest BCUT2D eigenvalue weighted by molar-refractivity contribution is 0.182. The highest BCUT2D eigenvalue weighted by molar-refractivity contribution is 6.95. The summed E-state index contributed by atoms with van der Waals surface area (Å²) in [6, 6.07) is 7.02. The second kappa shape index (κ2) is 10.7. The van der Waals surface area contributed by atoms with Crippen molar-refractivity contribution in [3.8, 4) is 0 Å². The number of nitrogens with zero attached hydrogens (tertiary/aromatic N) is 1. The maximum atomic E-state index is 6.34. The molecule has 27 heavy (non-hydrogen) atoms. The monoisotopic (exact) mass is 447 g/mol. The lowest BCUT2D eigenvalue weighted by atomic mass is 10.4. The maximum absolute atomic E-state index is 6.34. The van der Waals surface area contributed by atoms with Gasteiger partial charge in [0.25, 0.3) is 0 Å². The van der Waals surface area contributed by atoms with Crippen LogP contribution in [0.5, 0.6) is 0 Å². The van der Waals surface area contributed by atoms with Crippen LogP contribution >= 0.6 is 0 Å². The third-order valence-corrected chi connectivity index (χ3v) is 24.2. The average molecular weight is 448 g/mol. The highest BCUT2D eigenvalue weighted by atomic mass is 28.4. The van der Waals surface area contributed by atoms with Crippen molar-refractivity contribution in [2.75, 3.05) is 34.4 Å². The zero-order chi connectivity index (χ0) is 20.0. The fourth-order valence-electron chi connectivity index (χ4n) is 5.82. The molecule has 2 aliphatic heterocycles. The number of hydrogen-bond donors (Lipinski definition) is 0. The molecule has 2 atom stereocenters. The number of rotatable bonds is 12. The van der Waals surface area contributed by atoms with E-state index in [1.807, 2.05) is 21.3 Å². The lowest BCUT2D eigenvalue weighted by Crippen LogP contribution is -2.53. The summed E-state index contributed by atoms with van der Waals surface area (Å²) in [5.41, 5.74) is 0. The second-order valence-electron chi connectivity index (χ2n) is 9.81. The van der Waals surface area contributed by atoms with Crippen molar-refractivity contribution in [1.82, 2.24) is 4.57 Å². The average Bonchev–Trinajstić information content (AvgIpc) is 3.25. The molecule has 2 heterocycles. The Bertz CT molecular complexity index is 445. The molecule has 0 amide bonds. The summed E-state index contributed by atoms with van der Waals surface area (Å²) in [5.74, 6) is 0. The van der Waals surface area contributed by atoms with Gasteiger partial charge in [0.05, 0.1) is 0 Å². The first kappa shape index (κ1) is 24.0. The van der Waals surface area contributed by atoms with Crippen LogP contribution in [-0.4, -0.2) is 73.6 Å². The standard InChI is InChI=1S/C19H45NO3Si4/c1-21-26(16-7-11-19(26)25(4,5)6)17-10-15-24-14-8-12-20-13-9-18-27(20,22-2)23-3/h19H,7-18,24H2,1-6H3. The fourth-order valence-corrected chi connectivity index (χ4v) is 23.5. The Balaban J connectivity index is 1.66. The van der Waals surface area contributed by atoms with Gasteiger partial charge in [0.2, 0.25) is 0 Å². The van der Waals surface area contributed by atoms with Crippen LogP contribution in [0.25, 0.3) is 0 Å².